The highest BCUT2D eigenvalue weighted by molar-refractivity contribution is 5.64. The van der Waals surface area contributed by atoms with E-state index in [1.165, 1.54) is 0 Å². The lowest BCUT2D eigenvalue weighted by Gasteiger charge is -1.95. The van der Waals surface area contributed by atoms with Gasteiger partial charge in [-0.1, -0.05) is 19.3 Å². The summed E-state index contributed by atoms with van der Waals surface area (Å²) in [7, 11) is 0. The van der Waals surface area contributed by atoms with E-state index in [1.54, 1.807) is 13.0 Å². The highest BCUT2D eigenvalue weighted by atomic mass is 16.5. The summed E-state index contributed by atoms with van der Waals surface area (Å²) in [5.41, 5.74) is 4.67. The van der Waals surface area contributed by atoms with Crippen LogP contribution in [-0.2, 0) is 4.74 Å². The van der Waals surface area contributed by atoms with Crippen molar-refractivity contribution in [3.63, 3.8) is 0 Å². The van der Waals surface area contributed by atoms with E-state index < -0.39 is 6.09 Å². The molecule has 0 aromatic carbocycles. The Hall–Kier alpha value is -1.37. The largest absolute Gasteiger partial charge is 0.462 e. The number of aliphatic hydroxyl groups excluding tert-OH is 1. The zero-order chi connectivity index (χ0) is 9.82. The Morgan fingerprint density at radius 3 is 2.42 bits per heavy atom. The van der Waals surface area contributed by atoms with Crippen molar-refractivity contribution < 1.29 is 14.6 Å². The maximum absolute atomic E-state index is 9.87. The van der Waals surface area contributed by atoms with Gasteiger partial charge in [0.2, 0.25) is 0 Å². The van der Waals surface area contributed by atoms with E-state index in [4.69, 9.17) is 5.11 Å². The molecule has 0 aromatic rings. The first-order valence-corrected chi connectivity index (χ1v) is 3.67. The molecule has 0 bridgehead atoms. The fourth-order valence-corrected chi connectivity index (χ4v) is 0.317. The van der Waals surface area contributed by atoms with Crippen LogP contribution in [0.2, 0.25) is 0 Å². The van der Waals surface area contributed by atoms with Crippen molar-refractivity contribution in [1.82, 2.24) is 0 Å². The molecule has 0 radical (unpaired) electrons. The van der Waals surface area contributed by atoms with Crippen LogP contribution in [0.5, 0.6) is 0 Å². The Labute approximate surface area is 72.7 Å². The van der Waals surface area contributed by atoms with E-state index in [0.717, 1.165) is 12.8 Å². The summed E-state index contributed by atoms with van der Waals surface area (Å²) in [5, 5.41) is 7.51. The molecule has 4 heteroatoms. The summed E-state index contributed by atoms with van der Waals surface area (Å²) in [4.78, 5) is 9.87. The topological polar surface area (TPSA) is 72.6 Å². The molecule has 1 amide bonds. The number of aliphatic hydroxyl groups is 1. The van der Waals surface area contributed by atoms with Crippen molar-refractivity contribution in [2.45, 2.75) is 26.7 Å². The minimum Gasteiger partial charge on any atom is -0.462 e. The standard InChI is InChI=1S/C5H11NO2.C3H4O/c1-2-3-4-8-5(6)7;1-2-3-4/h2-4H2,1H3,(H2,6,7);4H,1H3. The number of rotatable bonds is 3. The van der Waals surface area contributed by atoms with Gasteiger partial charge in [0.15, 0.2) is 0 Å². The third kappa shape index (κ3) is 23.4. The number of primary amides is 1. The minimum absolute atomic E-state index is 0.450. The van der Waals surface area contributed by atoms with Gasteiger partial charge in [-0.3, -0.25) is 0 Å². The Morgan fingerprint density at radius 2 is 2.17 bits per heavy atom. The molecule has 70 valence electrons. The number of hydrogen-bond acceptors (Lipinski definition) is 3. The lowest BCUT2D eigenvalue weighted by atomic mass is 10.4. The molecule has 0 aliphatic rings. The van der Waals surface area contributed by atoms with E-state index in [9.17, 15) is 4.79 Å². The number of ether oxygens (including phenoxy) is 1. The molecule has 12 heavy (non-hydrogen) atoms. The summed E-state index contributed by atoms with van der Waals surface area (Å²) in [6, 6.07) is 0. The smallest absolute Gasteiger partial charge is 0.404 e. The van der Waals surface area contributed by atoms with Crippen molar-refractivity contribution in [2.75, 3.05) is 6.61 Å². The normalized spacial score (nSPS) is 6.83. The van der Waals surface area contributed by atoms with Crippen LogP contribution in [0.3, 0.4) is 0 Å². The van der Waals surface area contributed by atoms with Crippen LogP contribution >= 0.6 is 0 Å². The zero-order valence-electron chi connectivity index (χ0n) is 7.46. The fraction of sp³-hybridized carbons (Fsp3) is 0.625. The van der Waals surface area contributed by atoms with Crippen LogP contribution < -0.4 is 5.73 Å². The van der Waals surface area contributed by atoms with Crippen molar-refractivity contribution in [1.29, 1.82) is 0 Å². The average Bonchev–Trinajstić information content (AvgIpc) is 2.05. The predicted molar refractivity (Wildman–Crippen MR) is 45.8 cm³/mol. The lowest BCUT2D eigenvalue weighted by molar-refractivity contribution is 0.155. The molecule has 0 atom stereocenters. The second kappa shape index (κ2) is 12.3. The molecule has 0 saturated carbocycles. The van der Waals surface area contributed by atoms with Gasteiger partial charge >= 0.3 is 6.09 Å². The van der Waals surface area contributed by atoms with Gasteiger partial charge in [0.1, 0.15) is 6.11 Å². The zero-order valence-corrected chi connectivity index (χ0v) is 7.46. The van der Waals surface area contributed by atoms with Gasteiger partial charge in [-0.25, -0.2) is 4.79 Å². The molecule has 0 aliphatic heterocycles. The summed E-state index contributed by atoms with van der Waals surface area (Å²) < 4.78 is 4.42. The molecular formula is C8H15NO3. The van der Waals surface area contributed by atoms with Crippen molar-refractivity contribution >= 4 is 6.09 Å². The van der Waals surface area contributed by atoms with Crippen LogP contribution in [0.1, 0.15) is 26.7 Å². The minimum atomic E-state index is -0.682. The van der Waals surface area contributed by atoms with Gasteiger partial charge in [-0.05, 0) is 6.42 Å². The third-order valence-electron chi connectivity index (χ3n) is 0.854. The predicted octanol–water partition coefficient (Wildman–Crippen LogP) is 1.22. The molecule has 0 fully saturated rings. The summed E-state index contributed by atoms with van der Waals surface area (Å²) in [6.45, 7) is 4.04. The van der Waals surface area contributed by atoms with Crippen molar-refractivity contribution in [3.05, 3.63) is 0 Å². The first kappa shape index (κ1) is 13.2. The number of carbonyl (C=O) groups is 1. The molecule has 0 rings (SSSR count). The van der Waals surface area contributed by atoms with E-state index >= 15 is 0 Å². The summed E-state index contributed by atoms with van der Waals surface area (Å²) in [5.74, 6) is 2.24. The highest BCUT2D eigenvalue weighted by Gasteiger charge is 1.88. The van der Waals surface area contributed by atoms with Gasteiger partial charge in [0, 0.05) is 6.92 Å². The van der Waals surface area contributed by atoms with Crippen molar-refractivity contribution in [3.8, 4) is 12.0 Å². The second-order valence-electron chi connectivity index (χ2n) is 1.88. The van der Waals surface area contributed by atoms with Crippen LogP contribution in [-0.4, -0.2) is 17.8 Å². The van der Waals surface area contributed by atoms with Gasteiger partial charge in [-0.15, -0.1) is 0 Å². The molecule has 4 nitrogen and oxygen atoms in total. The average molecular weight is 173 g/mol. The number of unbranched alkanes of at least 4 members (excludes halogenated alkanes) is 1. The van der Waals surface area contributed by atoms with E-state index in [1.807, 2.05) is 6.92 Å². The molecule has 0 saturated heterocycles. The lowest BCUT2D eigenvalue weighted by Crippen LogP contribution is -2.13. The Balaban J connectivity index is 0. The fourth-order valence-electron chi connectivity index (χ4n) is 0.317. The number of hydrogen-bond donors (Lipinski definition) is 2. The third-order valence-corrected chi connectivity index (χ3v) is 0.854. The Bertz CT molecular complexity index is 151. The molecule has 0 aliphatic carbocycles. The van der Waals surface area contributed by atoms with Crippen molar-refractivity contribution in [2.24, 2.45) is 5.73 Å². The summed E-state index contributed by atoms with van der Waals surface area (Å²) >= 11 is 0. The molecule has 0 spiro atoms. The monoisotopic (exact) mass is 173 g/mol. The Kier molecular flexibility index (Phi) is 13.6. The molecule has 0 aromatic heterocycles. The molecular weight excluding hydrogens is 158 g/mol. The number of amides is 1. The quantitative estimate of drug-likeness (QED) is 0.498. The molecule has 0 heterocycles. The highest BCUT2D eigenvalue weighted by Crippen LogP contribution is 1.85. The van der Waals surface area contributed by atoms with E-state index in [-0.39, 0.29) is 0 Å². The van der Waals surface area contributed by atoms with Gasteiger partial charge < -0.3 is 15.6 Å². The van der Waals surface area contributed by atoms with Gasteiger partial charge in [0.25, 0.3) is 0 Å². The maximum Gasteiger partial charge on any atom is 0.404 e. The van der Waals surface area contributed by atoms with Crippen LogP contribution in [0, 0.1) is 12.0 Å². The van der Waals surface area contributed by atoms with Gasteiger partial charge in [-0.2, -0.15) is 0 Å². The van der Waals surface area contributed by atoms with Crippen LogP contribution in [0.4, 0.5) is 4.79 Å². The first-order chi connectivity index (χ1) is 5.68. The maximum atomic E-state index is 9.87. The Morgan fingerprint density at radius 1 is 1.67 bits per heavy atom. The summed E-state index contributed by atoms with van der Waals surface area (Å²) in [6.07, 6.45) is 2.91. The molecule has 0 unspecified atom stereocenters. The number of carbonyl (C=O) groups excluding carboxylic acids is 1. The molecule has 3 N–H and O–H groups in total. The van der Waals surface area contributed by atoms with Crippen LogP contribution in [0.25, 0.3) is 0 Å². The first-order valence-electron chi connectivity index (χ1n) is 3.67. The van der Waals surface area contributed by atoms with E-state index in [0.29, 0.717) is 6.61 Å². The van der Waals surface area contributed by atoms with Crippen LogP contribution in [0.15, 0.2) is 0 Å². The van der Waals surface area contributed by atoms with E-state index in [2.05, 4.69) is 16.4 Å². The SMILES string of the molecule is CC#CO.CCCCOC(N)=O. The van der Waals surface area contributed by atoms with Gasteiger partial charge in [0.05, 0.1) is 6.61 Å². The number of nitrogens with two attached hydrogens (primary N) is 1. The second-order valence-corrected chi connectivity index (χ2v) is 1.88.